The van der Waals surface area contributed by atoms with Crippen LogP contribution in [0.15, 0.2) is 35.5 Å². The standard InChI is InChI=1S/C23H34ClN5OS/c1-6-29(7-2)14-8-9-17(3)25-22(30)19-12-10-18(11-13-19)16-31-23-26-20(24)15-21(27-23)28(4)5/h10-13,15,17H,6-9,14,16H2,1-5H3,(H,25,30). The van der Waals surface area contributed by atoms with Crippen molar-refractivity contribution in [2.24, 2.45) is 0 Å². The van der Waals surface area contributed by atoms with Crippen molar-refractivity contribution in [3.05, 3.63) is 46.6 Å². The predicted molar refractivity (Wildman–Crippen MR) is 131 cm³/mol. The fourth-order valence-electron chi connectivity index (χ4n) is 3.12. The molecular formula is C23H34ClN5OS. The van der Waals surface area contributed by atoms with Gasteiger partial charge >= 0.3 is 0 Å². The van der Waals surface area contributed by atoms with Gasteiger partial charge in [-0.3, -0.25) is 4.79 Å². The Morgan fingerprint density at radius 3 is 2.45 bits per heavy atom. The lowest BCUT2D eigenvalue weighted by atomic mass is 10.1. The number of nitrogens with zero attached hydrogens (tertiary/aromatic N) is 4. The number of anilines is 1. The molecule has 8 heteroatoms. The van der Waals surface area contributed by atoms with Gasteiger partial charge in [0.25, 0.3) is 5.91 Å². The Bertz CT molecular complexity index is 827. The van der Waals surface area contributed by atoms with Crippen LogP contribution in [-0.2, 0) is 5.75 Å². The number of carbonyl (C=O) groups is 1. The van der Waals surface area contributed by atoms with Crippen molar-refractivity contribution in [2.45, 2.75) is 50.6 Å². The van der Waals surface area contributed by atoms with Crippen LogP contribution >= 0.6 is 23.4 Å². The third-order valence-electron chi connectivity index (χ3n) is 5.09. The van der Waals surface area contributed by atoms with Crippen molar-refractivity contribution < 1.29 is 4.79 Å². The zero-order valence-electron chi connectivity index (χ0n) is 19.2. The maximum absolute atomic E-state index is 12.5. The van der Waals surface area contributed by atoms with E-state index in [9.17, 15) is 4.79 Å². The van der Waals surface area contributed by atoms with E-state index >= 15 is 0 Å². The Kier molecular flexibility index (Phi) is 10.6. The van der Waals surface area contributed by atoms with Gasteiger partial charge in [0.15, 0.2) is 5.16 Å². The average molecular weight is 464 g/mol. The van der Waals surface area contributed by atoms with Gasteiger partial charge < -0.3 is 15.1 Å². The second-order valence-electron chi connectivity index (χ2n) is 7.76. The Labute approximate surface area is 195 Å². The van der Waals surface area contributed by atoms with Crippen molar-refractivity contribution in [1.29, 1.82) is 0 Å². The molecule has 0 radical (unpaired) electrons. The molecule has 1 atom stereocenters. The van der Waals surface area contributed by atoms with E-state index in [4.69, 9.17) is 11.6 Å². The zero-order chi connectivity index (χ0) is 22.8. The molecule has 2 rings (SSSR count). The second-order valence-corrected chi connectivity index (χ2v) is 9.08. The van der Waals surface area contributed by atoms with Crippen molar-refractivity contribution in [3.8, 4) is 0 Å². The molecule has 0 bridgehead atoms. The maximum atomic E-state index is 12.5. The number of hydrogen-bond acceptors (Lipinski definition) is 6. The van der Waals surface area contributed by atoms with Crippen LogP contribution in [0.4, 0.5) is 5.82 Å². The van der Waals surface area contributed by atoms with Crippen molar-refractivity contribution >= 4 is 35.1 Å². The van der Waals surface area contributed by atoms with Gasteiger partial charge in [0.2, 0.25) is 0 Å². The number of nitrogens with one attached hydrogen (secondary N) is 1. The summed E-state index contributed by atoms with van der Waals surface area (Å²) < 4.78 is 0. The summed E-state index contributed by atoms with van der Waals surface area (Å²) in [5.41, 5.74) is 1.78. The highest BCUT2D eigenvalue weighted by Gasteiger charge is 2.11. The quantitative estimate of drug-likeness (QED) is 0.279. The minimum atomic E-state index is -0.0247. The number of rotatable bonds is 12. The normalized spacial score (nSPS) is 12.1. The first-order valence-electron chi connectivity index (χ1n) is 10.8. The number of amides is 1. The summed E-state index contributed by atoms with van der Waals surface area (Å²) in [5.74, 6) is 1.46. The zero-order valence-corrected chi connectivity index (χ0v) is 20.8. The van der Waals surface area contributed by atoms with Crippen LogP contribution in [0.3, 0.4) is 0 Å². The predicted octanol–water partition coefficient (Wildman–Crippen LogP) is 4.73. The Morgan fingerprint density at radius 2 is 1.84 bits per heavy atom. The lowest BCUT2D eigenvalue weighted by Crippen LogP contribution is -2.33. The topological polar surface area (TPSA) is 61.4 Å². The lowest BCUT2D eigenvalue weighted by molar-refractivity contribution is 0.0937. The average Bonchev–Trinajstić information content (AvgIpc) is 2.75. The van der Waals surface area contributed by atoms with E-state index in [1.54, 1.807) is 6.07 Å². The van der Waals surface area contributed by atoms with Gasteiger partial charge in [-0.15, -0.1) is 0 Å². The van der Waals surface area contributed by atoms with Gasteiger partial charge in [0, 0.05) is 37.5 Å². The van der Waals surface area contributed by atoms with Crippen LogP contribution in [-0.4, -0.2) is 60.5 Å². The Hall–Kier alpha value is -1.83. The SMILES string of the molecule is CCN(CC)CCCC(C)NC(=O)c1ccc(CSc2nc(Cl)cc(N(C)C)n2)cc1. The van der Waals surface area contributed by atoms with E-state index in [2.05, 4.69) is 41.0 Å². The smallest absolute Gasteiger partial charge is 0.251 e. The number of carbonyl (C=O) groups excluding carboxylic acids is 1. The van der Waals surface area contributed by atoms with Crippen LogP contribution < -0.4 is 10.2 Å². The van der Waals surface area contributed by atoms with E-state index in [-0.39, 0.29) is 11.9 Å². The van der Waals surface area contributed by atoms with Crippen LogP contribution in [0.5, 0.6) is 0 Å². The van der Waals surface area contributed by atoms with Gasteiger partial charge in [0.1, 0.15) is 11.0 Å². The molecule has 0 spiro atoms. The number of benzene rings is 1. The molecule has 31 heavy (non-hydrogen) atoms. The largest absolute Gasteiger partial charge is 0.363 e. The van der Waals surface area contributed by atoms with Crippen molar-refractivity contribution in [3.63, 3.8) is 0 Å². The fourth-order valence-corrected chi connectivity index (χ4v) is 4.16. The Balaban J connectivity index is 1.84. The highest BCUT2D eigenvalue weighted by Crippen LogP contribution is 2.24. The molecule has 2 aromatic rings. The molecule has 0 aliphatic carbocycles. The summed E-state index contributed by atoms with van der Waals surface area (Å²) in [6.45, 7) is 9.65. The van der Waals surface area contributed by atoms with Crippen molar-refractivity contribution in [2.75, 3.05) is 38.6 Å². The third-order valence-corrected chi connectivity index (χ3v) is 6.20. The van der Waals surface area contributed by atoms with Crippen LogP contribution in [0.2, 0.25) is 5.15 Å². The summed E-state index contributed by atoms with van der Waals surface area (Å²) in [5, 5.41) is 4.17. The first-order valence-corrected chi connectivity index (χ1v) is 12.2. The van der Waals surface area contributed by atoms with Crippen molar-refractivity contribution in [1.82, 2.24) is 20.2 Å². The summed E-state index contributed by atoms with van der Waals surface area (Å²) >= 11 is 7.62. The van der Waals surface area contributed by atoms with Gasteiger partial charge in [0.05, 0.1) is 0 Å². The first-order chi connectivity index (χ1) is 14.8. The van der Waals surface area contributed by atoms with E-state index in [1.165, 1.54) is 11.8 Å². The van der Waals surface area contributed by atoms with Crippen LogP contribution in [0, 0.1) is 0 Å². The first kappa shape index (κ1) is 25.4. The summed E-state index contributed by atoms with van der Waals surface area (Å²) in [6.07, 6.45) is 2.06. The molecule has 1 heterocycles. The van der Waals surface area contributed by atoms with E-state index < -0.39 is 0 Å². The van der Waals surface area contributed by atoms with Crippen LogP contribution in [0.25, 0.3) is 0 Å². The van der Waals surface area contributed by atoms with E-state index in [0.717, 1.165) is 43.9 Å². The lowest BCUT2D eigenvalue weighted by Gasteiger charge is -2.19. The van der Waals surface area contributed by atoms with E-state index in [1.807, 2.05) is 43.3 Å². The molecule has 0 aliphatic heterocycles. The minimum Gasteiger partial charge on any atom is -0.363 e. The molecule has 0 aliphatic rings. The molecule has 1 unspecified atom stereocenters. The number of hydrogen-bond donors (Lipinski definition) is 1. The molecule has 0 saturated heterocycles. The molecule has 0 saturated carbocycles. The molecule has 1 aromatic carbocycles. The van der Waals surface area contributed by atoms with Crippen LogP contribution in [0.1, 0.15) is 49.5 Å². The second kappa shape index (κ2) is 12.9. The van der Waals surface area contributed by atoms with Gasteiger partial charge in [-0.2, -0.15) is 0 Å². The third kappa shape index (κ3) is 8.67. The maximum Gasteiger partial charge on any atom is 0.251 e. The van der Waals surface area contributed by atoms with E-state index in [0.29, 0.717) is 21.6 Å². The summed E-state index contributed by atoms with van der Waals surface area (Å²) in [7, 11) is 3.84. The summed E-state index contributed by atoms with van der Waals surface area (Å²) in [6, 6.07) is 9.60. The van der Waals surface area contributed by atoms with Gasteiger partial charge in [-0.1, -0.05) is 49.3 Å². The highest BCUT2D eigenvalue weighted by atomic mass is 35.5. The molecule has 6 nitrogen and oxygen atoms in total. The summed E-state index contributed by atoms with van der Waals surface area (Å²) in [4.78, 5) is 25.6. The number of thioether (sulfide) groups is 1. The Morgan fingerprint density at radius 1 is 1.16 bits per heavy atom. The molecular weight excluding hydrogens is 430 g/mol. The minimum absolute atomic E-state index is 0.0247. The molecule has 1 aromatic heterocycles. The number of aromatic nitrogens is 2. The molecule has 0 fully saturated rings. The fraction of sp³-hybridized carbons (Fsp3) is 0.522. The molecule has 170 valence electrons. The highest BCUT2D eigenvalue weighted by molar-refractivity contribution is 7.98. The number of halogens is 1. The van der Waals surface area contributed by atoms with Gasteiger partial charge in [-0.05, 0) is 57.1 Å². The monoisotopic (exact) mass is 463 g/mol. The molecule has 1 amide bonds. The molecule has 1 N–H and O–H groups in total. The van der Waals surface area contributed by atoms with Gasteiger partial charge in [-0.25, -0.2) is 9.97 Å².